The van der Waals surface area contributed by atoms with Crippen LogP contribution in [0.1, 0.15) is 51.1 Å². The molecule has 0 N–H and O–H groups in total. The second-order valence-corrected chi connectivity index (χ2v) is 9.27. The van der Waals surface area contributed by atoms with Gasteiger partial charge in [-0.15, -0.1) is 0 Å². The minimum atomic E-state index is -4.74. The summed E-state index contributed by atoms with van der Waals surface area (Å²) in [6.45, 7) is 2.66. The van der Waals surface area contributed by atoms with E-state index < -0.39 is 29.0 Å². The molecule has 2 fully saturated rings. The lowest BCUT2D eigenvalue weighted by Crippen LogP contribution is -2.49. The number of alkyl halides is 3. The van der Waals surface area contributed by atoms with Gasteiger partial charge >= 0.3 is 6.18 Å². The van der Waals surface area contributed by atoms with Crippen molar-refractivity contribution in [2.45, 2.75) is 32.0 Å². The summed E-state index contributed by atoms with van der Waals surface area (Å²) in [5, 5.41) is 0. The average molecular weight is 475 g/mol. The number of anilines is 1. The minimum absolute atomic E-state index is 0.0631. The van der Waals surface area contributed by atoms with Gasteiger partial charge < -0.3 is 14.7 Å². The first-order valence-electron chi connectivity index (χ1n) is 11.5. The largest absolute Gasteiger partial charge is 0.417 e. The molecule has 180 valence electrons. The molecule has 0 radical (unpaired) electrons. The summed E-state index contributed by atoms with van der Waals surface area (Å²) >= 11 is 0. The topological polar surface area (TPSA) is 43.9 Å². The highest BCUT2D eigenvalue weighted by atomic mass is 19.4. The second kappa shape index (κ2) is 8.60. The number of carbonyl (C=O) groups excluding carboxylic acids is 2. The molecule has 2 heterocycles. The molecular formula is C25H25F4N3O2. The molecule has 0 spiro atoms. The van der Waals surface area contributed by atoms with Crippen molar-refractivity contribution < 1.29 is 27.2 Å². The summed E-state index contributed by atoms with van der Waals surface area (Å²) in [4.78, 5) is 30.7. The quantitative estimate of drug-likeness (QED) is 0.596. The molecule has 0 bridgehead atoms. The maximum atomic E-state index is 13.6. The van der Waals surface area contributed by atoms with Crippen LogP contribution in [-0.4, -0.2) is 54.3 Å². The highest BCUT2D eigenvalue weighted by Gasteiger charge is 2.37. The van der Waals surface area contributed by atoms with E-state index in [1.165, 1.54) is 17.7 Å². The Bertz CT molecular complexity index is 1120. The minimum Gasteiger partial charge on any atom is -0.368 e. The molecule has 9 heteroatoms. The van der Waals surface area contributed by atoms with Gasteiger partial charge in [0.2, 0.25) is 0 Å². The van der Waals surface area contributed by atoms with Gasteiger partial charge in [-0.1, -0.05) is 12.8 Å². The third-order valence-corrected chi connectivity index (χ3v) is 6.92. The highest BCUT2D eigenvalue weighted by molar-refractivity contribution is 5.99. The lowest BCUT2D eigenvalue weighted by molar-refractivity contribution is -0.138. The Hall–Kier alpha value is -3.10. The molecule has 1 saturated carbocycles. The Kier molecular flexibility index (Phi) is 5.73. The Morgan fingerprint density at radius 1 is 1.00 bits per heavy atom. The van der Waals surface area contributed by atoms with Crippen LogP contribution in [0.4, 0.5) is 23.2 Å². The maximum absolute atomic E-state index is 13.6. The van der Waals surface area contributed by atoms with Crippen LogP contribution in [0.5, 0.6) is 0 Å². The van der Waals surface area contributed by atoms with Crippen molar-refractivity contribution in [2.24, 2.45) is 5.92 Å². The normalized spacial score (nSPS) is 18.5. The average Bonchev–Trinajstić information content (AvgIpc) is 3.59. The molecule has 5 rings (SSSR count). The Balaban J connectivity index is 1.24. The molecule has 2 aromatic rings. The number of carbonyl (C=O) groups is 2. The predicted molar refractivity (Wildman–Crippen MR) is 118 cm³/mol. The number of hydrogen-bond acceptors (Lipinski definition) is 3. The molecule has 1 aliphatic carbocycles. The summed E-state index contributed by atoms with van der Waals surface area (Å²) < 4.78 is 53.6. The van der Waals surface area contributed by atoms with Gasteiger partial charge in [-0.05, 0) is 54.3 Å². The molecule has 0 atom stereocenters. The van der Waals surface area contributed by atoms with Crippen LogP contribution in [0.15, 0.2) is 36.4 Å². The van der Waals surface area contributed by atoms with Crippen LogP contribution in [-0.2, 0) is 12.7 Å². The van der Waals surface area contributed by atoms with Gasteiger partial charge in [-0.25, -0.2) is 4.39 Å². The van der Waals surface area contributed by atoms with Gasteiger partial charge in [0, 0.05) is 50.5 Å². The number of halogens is 4. The van der Waals surface area contributed by atoms with Crippen molar-refractivity contribution in [3.8, 4) is 0 Å². The second-order valence-electron chi connectivity index (χ2n) is 9.27. The Labute approximate surface area is 194 Å². The fourth-order valence-corrected chi connectivity index (χ4v) is 4.77. The summed E-state index contributed by atoms with van der Waals surface area (Å²) in [5.74, 6) is -0.884. The van der Waals surface area contributed by atoms with Crippen molar-refractivity contribution in [3.63, 3.8) is 0 Å². The van der Waals surface area contributed by atoms with E-state index in [-0.39, 0.29) is 19.0 Å². The molecule has 0 aromatic heterocycles. The molecule has 2 aliphatic heterocycles. The van der Waals surface area contributed by atoms with Gasteiger partial charge in [0.25, 0.3) is 11.8 Å². The third-order valence-electron chi connectivity index (χ3n) is 6.92. The third kappa shape index (κ3) is 4.48. The van der Waals surface area contributed by atoms with Crippen molar-refractivity contribution in [3.05, 3.63) is 64.5 Å². The van der Waals surface area contributed by atoms with E-state index in [0.29, 0.717) is 37.8 Å². The molecule has 2 aromatic carbocycles. The van der Waals surface area contributed by atoms with E-state index >= 15 is 0 Å². The molecular weight excluding hydrogens is 450 g/mol. The van der Waals surface area contributed by atoms with Crippen molar-refractivity contribution in [2.75, 3.05) is 37.6 Å². The van der Waals surface area contributed by atoms with Crippen LogP contribution in [0.25, 0.3) is 0 Å². The molecule has 3 aliphatic rings. The zero-order chi connectivity index (χ0) is 24.0. The van der Waals surface area contributed by atoms with E-state index in [1.807, 2.05) is 23.1 Å². The zero-order valence-electron chi connectivity index (χ0n) is 18.6. The van der Waals surface area contributed by atoms with Gasteiger partial charge in [0.05, 0.1) is 11.1 Å². The van der Waals surface area contributed by atoms with Crippen LogP contribution in [0, 0.1) is 11.7 Å². The number of piperazine rings is 1. The van der Waals surface area contributed by atoms with Crippen molar-refractivity contribution in [1.82, 2.24) is 9.80 Å². The van der Waals surface area contributed by atoms with Crippen molar-refractivity contribution in [1.29, 1.82) is 0 Å². The predicted octanol–water partition coefficient (Wildman–Crippen LogP) is 4.56. The first kappa shape index (κ1) is 22.7. The molecule has 5 nitrogen and oxygen atoms in total. The van der Waals surface area contributed by atoms with E-state index in [4.69, 9.17) is 0 Å². The number of amides is 2. The first-order valence-corrected chi connectivity index (χ1v) is 11.5. The fraction of sp³-hybridized carbons (Fsp3) is 0.440. The summed E-state index contributed by atoms with van der Waals surface area (Å²) in [7, 11) is 0. The summed E-state index contributed by atoms with van der Waals surface area (Å²) in [6, 6.07) is 7.69. The fourth-order valence-electron chi connectivity index (χ4n) is 4.77. The number of benzene rings is 2. The Morgan fingerprint density at radius 2 is 1.74 bits per heavy atom. The first-order chi connectivity index (χ1) is 16.2. The van der Waals surface area contributed by atoms with Gasteiger partial charge in [-0.3, -0.25) is 9.59 Å². The van der Waals surface area contributed by atoms with E-state index in [1.54, 1.807) is 0 Å². The summed E-state index contributed by atoms with van der Waals surface area (Å²) in [5.41, 5.74) is 0.828. The zero-order valence-corrected chi connectivity index (χ0v) is 18.6. The number of fused-ring (bicyclic) bond motifs is 1. The standard InChI is InChI=1S/C25H25F4N3O2/c26-18-3-6-22(25(27,28)29)21(14-18)24(34)31-11-9-30(10-12-31)19-4-5-20-17(13-19)15-32(23(20)33)8-7-16-1-2-16/h3-6,13-14,16H,1-2,7-12,15H2. The van der Waals surface area contributed by atoms with Crippen LogP contribution in [0.3, 0.4) is 0 Å². The maximum Gasteiger partial charge on any atom is 0.417 e. The number of hydrogen-bond donors (Lipinski definition) is 0. The van der Waals surface area contributed by atoms with Gasteiger partial charge in [-0.2, -0.15) is 13.2 Å². The molecule has 2 amide bonds. The lowest BCUT2D eigenvalue weighted by Gasteiger charge is -2.36. The van der Waals surface area contributed by atoms with Crippen LogP contribution in [0.2, 0.25) is 0 Å². The monoisotopic (exact) mass is 475 g/mol. The smallest absolute Gasteiger partial charge is 0.368 e. The molecule has 1 saturated heterocycles. The van der Waals surface area contributed by atoms with E-state index in [0.717, 1.165) is 35.7 Å². The summed E-state index contributed by atoms with van der Waals surface area (Å²) in [6.07, 6.45) is -1.19. The molecule has 34 heavy (non-hydrogen) atoms. The number of rotatable bonds is 5. The lowest BCUT2D eigenvalue weighted by atomic mass is 10.0. The highest BCUT2D eigenvalue weighted by Crippen LogP contribution is 2.35. The van der Waals surface area contributed by atoms with Gasteiger partial charge in [0.1, 0.15) is 5.82 Å². The number of nitrogens with zero attached hydrogens (tertiary/aromatic N) is 3. The molecule has 0 unspecified atom stereocenters. The van der Waals surface area contributed by atoms with Crippen LogP contribution < -0.4 is 4.90 Å². The SMILES string of the molecule is O=C1c2ccc(N3CCN(C(=O)c4cc(F)ccc4C(F)(F)F)CC3)cc2CN1CCC1CC1. The van der Waals surface area contributed by atoms with E-state index in [9.17, 15) is 27.2 Å². The van der Waals surface area contributed by atoms with Gasteiger partial charge in [0.15, 0.2) is 0 Å². The Morgan fingerprint density at radius 3 is 2.41 bits per heavy atom. The van der Waals surface area contributed by atoms with Crippen LogP contribution >= 0.6 is 0 Å². The van der Waals surface area contributed by atoms with Crippen molar-refractivity contribution >= 4 is 17.5 Å². The van der Waals surface area contributed by atoms with E-state index in [2.05, 4.69) is 4.90 Å².